The Hall–Kier alpha value is -1.88. The summed E-state index contributed by atoms with van der Waals surface area (Å²) in [5, 5.41) is 2.02. The minimum atomic E-state index is 0.768. The van der Waals surface area contributed by atoms with E-state index < -0.39 is 0 Å². The topological polar surface area (TPSA) is 51.6 Å². The lowest BCUT2D eigenvalue weighted by Crippen LogP contribution is -1.92. The van der Waals surface area contributed by atoms with Crippen LogP contribution in [0.15, 0.2) is 30.2 Å². The minimum absolute atomic E-state index is 0.768. The van der Waals surface area contributed by atoms with Gasteiger partial charge in [0.1, 0.15) is 12.2 Å². The highest BCUT2D eigenvalue weighted by atomic mass is 32.1. The van der Waals surface area contributed by atoms with E-state index in [2.05, 4.69) is 19.9 Å². The number of fused-ring (bicyclic) bond motifs is 1. The lowest BCUT2D eigenvalue weighted by molar-refractivity contribution is 1.09. The van der Waals surface area contributed by atoms with Crippen LogP contribution in [0.4, 0.5) is 0 Å². The maximum Gasteiger partial charge on any atom is 0.126 e. The first-order valence-electron chi connectivity index (χ1n) is 4.82. The first-order valence-corrected chi connectivity index (χ1v) is 5.70. The molecule has 0 bridgehead atoms. The molecule has 0 aliphatic rings. The quantitative estimate of drug-likeness (QED) is 0.642. The fourth-order valence-corrected chi connectivity index (χ4v) is 2.44. The summed E-state index contributed by atoms with van der Waals surface area (Å²) in [6.07, 6.45) is 5.06. The van der Waals surface area contributed by atoms with Gasteiger partial charge in [0.25, 0.3) is 0 Å². The van der Waals surface area contributed by atoms with E-state index >= 15 is 0 Å². The van der Waals surface area contributed by atoms with Crippen LogP contribution in [-0.2, 0) is 0 Å². The number of hydrogen-bond acceptors (Lipinski definition) is 5. The summed E-state index contributed by atoms with van der Waals surface area (Å²) in [6, 6.07) is 2.00. The van der Waals surface area contributed by atoms with Crippen LogP contribution >= 0.6 is 11.3 Å². The maximum absolute atomic E-state index is 4.46. The molecule has 0 atom stereocenters. The van der Waals surface area contributed by atoms with E-state index in [0.717, 1.165) is 27.3 Å². The zero-order valence-electron chi connectivity index (χ0n) is 8.58. The van der Waals surface area contributed by atoms with Crippen molar-refractivity contribution in [2.75, 3.05) is 0 Å². The Bertz CT molecular complexity index is 633. The number of nitrogens with zero attached hydrogens (tertiary/aromatic N) is 4. The summed E-state index contributed by atoms with van der Waals surface area (Å²) in [4.78, 5) is 16.9. The molecule has 0 saturated heterocycles. The highest BCUT2D eigenvalue weighted by Gasteiger charge is 2.09. The summed E-state index contributed by atoms with van der Waals surface area (Å²) < 4.78 is 1.08. The van der Waals surface area contributed by atoms with E-state index in [1.807, 2.05) is 18.4 Å². The lowest BCUT2D eigenvalue weighted by Gasteiger charge is -2.02. The Kier molecular flexibility index (Phi) is 2.11. The third kappa shape index (κ3) is 1.45. The molecule has 78 valence electrons. The predicted octanol–water partition coefficient (Wildman–Crippen LogP) is 2.46. The van der Waals surface area contributed by atoms with Crippen molar-refractivity contribution in [3.63, 3.8) is 0 Å². The molecule has 3 heterocycles. The molecule has 0 saturated carbocycles. The van der Waals surface area contributed by atoms with Gasteiger partial charge in [-0.05, 0) is 18.4 Å². The number of hydrogen-bond donors (Lipinski definition) is 0. The van der Waals surface area contributed by atoms with Crippen molar-refractivity contribution in [3.05, 3.63) is 36.0 Å². The fraction of sp³-hybridized carbons (Fsp3) is 0.0909. The van der Waals surface area contributed by atoms with Crippen molar-refractivity contribution in [3.8, 4) is 11.3 Å². The average molecular weight is 228 g/mol. The van der Waals surface area contributed by atoms with Crippen molar-refractivity contribution < 1.29 is 0 Å². The molecule has 0 aliphatic heterocycles. The Balaban J connectivity index is 2.34. The van der Waals surface area contributed by atoms with Gasteiger partial charge in [-0.2, -0.15) is 0 Å². The summed E-state index contributed by atoms with van der Waals surface area (Å²) in [7, 11) is 0. The first kappa shape index (κ1) is 9.35. The fourth-order valence-electron chi connectivity index (χ4n) is 1.60. The molecule has 5 heteroatoms. The van der Waals surface area contributed by atoms with Crippen LogP contribution in [-0.4, -0.2) is 19.9 Å². The molecule has 0 aliphatic carbocycles. The molecule has 0 aromatic carbocycles. The summed E-state index contributed by atoms with van der Waals surface area (Å²) in [5.41, 5.74) is 2.83. The van der Waals surface area contributed by atoms with Gasteiger partial charge in [0.2, 0.25) is 0 Å². The number of rotatable bonds is 1. The largest absolute Gasteiger partial charge is 0.244 e. The summed E-state index contributed by atoms with van der Waals surface area (Å²) in [5.74, 6) is 0.768. The van der Waals surface area contributed by atoms with Gasteiger partial charge in [-0.3, -0.25) is 0 Å². The zero-order chi connectivity index (χ0) is 11.0. The third-order valence-electron chi connectivity index (χ3n) is 2.25. The van der Waals surface area contributed by atoms with Crippen LogP contribution in [0.1, 0.15) is 5.82 Å². The van der Waals surface area contributed by atoms with Crippen LogP contribution in [0.25, 0.3) is 21.5 Å². The SMILES string of the molecule is Cc1nc(-c2cncnc2)c2sccc2n1. The van der Waals surface area contributed by atoms with Crippen molar-refractivity contribution in [1.29, 1.82) is 0 Å². The zero-order valence-corrected chi connectivity index (χ0v) is 9.40. The average Bonchev–Trinajstić information content (AvgIpc) is 2.77. The van der Waals surface area contributed by atoms with Gasteiger partial charge < -0.3 is 0 Å². The van der Waals surface area contributed by atoms with Crippen LogP contribution in [0.3, 0.4) is 0 Å². The normalized spacial score (nSPS) is 10.8. The second-order valence-corrected chi connectivity index (χ2v) is 4.30. The van der Waals surface area contributed by atoms with Gasteiger partial charge in [-0.15, -0.1) is 11.3 Å². The Labute approximate surface area is 96.1 Å². The predicted molar refractivity (Wildman–Crippen MR) is 63.2 cm³/mol. The molecular weight excluding hydrogens is 220 g/mol. The van der Waals surface area contributed by atoms with E-state index in [1.54, 1.807) is 23.7 Å². The van der Waals surface area contributed by atoms with Gasteiger partial charge in [0.05, 0.1) is 15.9 Å². The molecule has 0 unspecified atom stereocenters. The second-order valence-electron chi connectivity index (χ2n) is 3.38. The number of aryl methyl sites for hydroxylation is 1. The Morgan fingerprint density at radius 3 is 2.75 bits per heavy atom. The molecule has 0 radical (unpaired) electrons. The molecule has 0 spiro atoms. The highest BCUT2D eigenvalue weighted by molar-refractivity contribution is 7.17. The van der Waals surface area contributed by atoms with E-state index in [4.69, 9.17) is 0 Å². The molecule has 0 fully saturated rings. The second kappa shape index (κ2) is 3.61. The van der Waals surface area contributed by atoms with E-state index in [0.29, 0.717) is 0 Å². The van der Waals surface area contributed by atoms with Crippen molar-refractivity contribution in [1.82, 2.24) is 19.9 Å². The number of thiophene rings is 1. The van der Waals surface area contributed by atoms with Crippen molar-refractivity contribution >= 4 is 21.6 Å². The minimum Gasteiger partial charge on any atom is -0.244 e. The van der Waals surface area contributed by atoms with Gasteiger partial charge in [-0.1, -0.05) is 0 Å². The number of aromatic nitrogens is 4. The Morgan fingerprint density at radius 1 is 1.12 bits per heavy atom. The molecule has 0 N–H and O–H groups in total. The van der Waals surface area contributed by atoms with Crippen molar-refractivity contribution in [2.24, 2.45) is 0 Å². The lowest BCUT2D eigenvalue weighted by atomic mass is 10.2. The van der Waals surface area contributed by atoms with E-state index in [-0.39, 0.29) is 0 Å². The van der Waals surface area contributed by atoms with Crippen molar-refractivity contribution in [2.45, 2.75) is 6.92 Å². The highest BCUT2D eigenvalue weighted by Crippen LogP contribution is 2.28. The molecule has 0 amide bonds. The Morgan fingerprint density at radius 2 is 1.94 bits per heavy atom. The summed E-state index contributed by atoms with van der Waals surface area (Å²) in [6.45, 7) is 1.89. The third-order valence-corrected chi connectivity index (χ3v) is 3.16. The van der Waals surface area contributed by atoms with Crippen LogP contribution < -0.4 is 0 Å². The molecule has 16 heavy (non-hydrogen) atoms. The molecule has 3 aromatic heterocycles. The standard InChI is InChI=1S/C11H8N4S/c1-7-14-9-2-3-16-11(9)10(15-7)8-4-12-6-13-5-8/h2-6H,1H3. The van der Waals surface area contributed by atoms with E-state index in [9.17, 15) is 0 Å². The smallest absolute Gasteiger partial charge is 0.126 e. The van der Waals surface area contributed by atoms with Gasteiger partial charge in [-0.25, -0.2) is 19.9 Å². The van der Waals surface area contributed by atoms with E-state index in [1.165, 1.54) is 6.33 Å². The van der Waals surface area contributed by atoms with Gasteiger partial charge in [0, 0.05) is 18.0 Å². The van der Waals surface area contributed by atoms with Gasteiger partial charge in [0.15, 0.2) is 0 Å². The maximum atomic E-state index is 4.46. The van der Waals surface area contributed by atoms with Crippen LogP contribution in [0, 0.1) is 6.92 Å². The van der Waals surface area contributed by atoms with Gasteiger partial charge >= 0.3 is 0 Å². The summed E-state index contributed by atoms with van der Waals surface area (Å²) >= 11 is 1.64. The molecule has 3 rings (SSSR count). The monoisotopic (exact) mass is 228 g/mol. The molecular formula is C11H8N4S. The molecule has 4 nitrogen and oxygen atoms in total. The van der Waals surface area contributed by atoms with Crippen LogP contribution in [0.5, 0.6) is 0 Å². The molecule has 3 aromatic rings. The first-order chi connectivity index (χ1) is 7.84. The van der Waals surface area contributed by atoms with Crippen LogP contribution in [0.2, 0.25) is 0 Å².